The fourth-order valence-electron chi connectivity index (χ4n) is 2.34. The molecule has 82 valence electrons. The summed E-state index contributed by atoms with van der Waals surface area (Å²) in [6.07, 6.45) is 6.28. The maximum Gasteiger partial charge on any atom is 0.159 e. The van der Waals surface area contributed by atoms with Gasteiger partial charge in [-0.25, -0.2) is 0 Å². The number of hydrogen-bond donors (Lipinski definition) is 0. The molecular weight excluding hydrogens is 192 g/mol. The maximum absolute atomic E-state index is 11.4. The molecule has 3 heteroatoms. The average molecular weight is 208 g/mol. The van der Waals surface area contributed by atoms with E-state index in [0.717, 1.165) is 24.0 Å². The van der Waals surface area contributed by atoms with Crippen LogP contribution in [0.2, 0.25) is 0 Å². The number of allylic oxidation sites excluding steroid dienone is 2. The number of methoxy groups -OCH3 is 2. The number of hydrogen-bond acceptors (Lipinski definition) is 3. The number of carbonyl (C=O) groups excluding carboxylic acids is 1. The van der Waals surface area contributed by atoms with Crippen LogP contribution < -0.4 is 0 Å². The summed E-state index contributed by atoms with van der Waals surface area (Å²) in [5, 5.41) is 0. The van der Waals surface area contributed by atoms with E-state index >= 15 is 0 Å². The largest absolute Gasteiger partial charge is 0.377 e. The summed E-state index contributed by atoms with van der Waals surface area (Å²) in [7, 11) is 3.40. The van der Waals surface area contributed by atoms with Gasteiger partial charge in [0.1, 0.15) is 0 Å². The molecule has 0 aromatic rings. The first kappa shape index (κ1) is 10.6. The molecule has 0 spiro atoms. The van der Waals surface area contributed by atoms with Crippen LogP contribution in [0.3, 0.4) is 0 Å². The highest BCUT2D eigenvalue weighted by atomic mass is 16.5. The van der Waals surface area contributed by atoms with Crippen molar-refractivity contribution in [2.75, 3.05) is 14.2 Å². The second kappa shape index (κ2) is 4.29. The van der Waals surface area contributed by atoms with Gasteiger partial charge in [0, 0.05) is 20.6 Å². The van der Waals surface area contributed by atoms with Crippen molar-refractivity contribution in [3.8, 4) is 0 Å². The smallest absolute Gasteiger partial charge is 0.159 e. The van der Waals surface area contributed by atoms with E-state index in [2.05, 4.69) is 0 Å². The van der Waals surface area contributed by atoms with Crippen molar-refractivity contribution in [2.45, 2.75) is 31.5 Å². The van der Waals surface area contributed by atoms with Crippen LogP contribution in [-0.4, -0.2) is 32.2 Å². The molecule has 3 nitrogen and oxygen atoms in total. The van der Waals surface area contributed by atoms with Gasteiger partial charge >= 0.3 is 0 Å². The highest BCUT2D eigenvalue weighted by molar-refractivity contribution is 5.94. The van der Waals surface area contributed by atoms with Crippen LogP contribution in [0.15, 0.2) is 23.3 Å². The van der Waals surface area contributed by atoms with Gasteiger partial charge in [-0.2, -0.15) is 0 Å². The highest BCUT2D eigenvalue weighted by Crippen LogP contribution is 2.35. The Morgan fingerprint density at radius 2 is 1.73 bits per heavy atom. The Morgan fingerprint density at radius 3 is 2.33 bits per heavy atom. The summed E-state index contributed by atoms with van der Waals surface area (Å²) in [6, 6.07) is 0. The molecule has 0 aromatic heterocycles. The Kier molecular flexibility index (Phi) is 3.03. The third-order valence-electron chi connectivity index (χ3n) is 3.13. The van der Waals surface area contributed by atoms with Gasteiger partial charge < -0.3 is 9.47 Å². The summed E-state index contributed by atoms with van der Waals surface area (Å²) in [6.45, 7) is 0. The molecule has 2 aliphatic carbocycles. The second-order valence-corrected chi connectivity index (χ2v) is 3.96. The molecule has 1 fully saturated rings. The lowest BCUT2D eigenvalue weighted by atomic mass is 9.81. The molecule has 0 aromatic carbocycles. The molecular formula is C12H16O3. The van der Waals surface area contributed by atoms with E-state index in [9.17, 15) is 4.79 Å². The predicted molar refractivity (Wildman–Crippen MR) is 56.6 cm³/mol. The predicted octanol–water partition coefficient (Wildman–Crippen LogP) is 1.64. The van der Waals surface area contributed by atoms with E-state index in [1.165, 1.54) is 0 Å². The Hall–Kier alpha value is -0.930. The third-order valence-corrected chi connectivity index (χ3v) is 3.13. The molecule has 0 aliphatic heterocycles. The molecule has 15 heavy (non-hydrogen) atoms. The minimum absolute atomic E-state index is 0.0619. The van der Waals surface area contributed by atoms with Crippen LogP contribution in [0.1, 0.15) is 19.3 Å². The molecule has 0 saturated heterocycles. The molecule has 0 radical (unpaired) electrons. The van der Waals surface area contributed by atoms with Crippen LogP contribution in [0.4, 0.5) is 0 Å². The molecule has 2 atom stereocenters. The van der Waals surface area contributed by atoms with Crippen molar-refractivity contribution < 1.29 is 14.3 Å². The van der Waals surface area contributed by atoms with Crippen molar-refractivity contribution in [3.05, 3.63) is 23.3 Å². The third kappa shape index (κ3) is 1.90. The first-order valence-electron chi connectivity index (χ1n) is 5.26. The van der Waals surface area contributed by atoms with E-state index in [1.807, 2.05) is 6.08 Å². The Balaban J connectivity index is 2.30. The minimum atomic E-state index is 0.0619. The topological polar surface area (TPSA) is 35.5 Å². The minimum Gasteiger partial charge on any atom is -0.377 e. The van der Waals surface area contributed by atoms with Crippen LogP contribution in [-0.2, 0) is 14.3 Å². The fourth-order valence-corrected chi connectivity index (χ4v) is 2.34. The van der Waals surface area contributed by atoms with Crippen LogP contribution in [0, 0.1) is 0 Å². The van der Waals surface area contributed by atoms with E-state index in [4.69, 9.17) is 9.47 Å². The summed E-state index contributed by atoms with van der Waals surface area (Å²) in [5.41, 5.74) is 2.17. The lowest BCUT2D eigenvalue weighted by Crippen LogP contribution is -2.32. The molecule has 0 N–H and O–H groups in total. The number of ketones is 1. The number of carbonyl (C=O) groups is 1. The van der Waals surface area contributed by atoms with Crippen molar-refractivity contribution >= 4 is 5.78 Å². The zero-order chi connectivity index (χ0) is 10.8. The molecule has 2 aliphatic rings. The molecule has 2 rings (SSSR count). The maximum atomic E-state index is 11.4. The second-order valence-electron chi connectivity index (χ2n) is 3.96. The van der Waals surface area contributed by atoms with Gasteiger partial charge in [0.05, 0.1) is 12.2 Å². The van der Waals surface area contributed by atoms with Crippen LogP contribution in [0.5, 0.6) is 0 Å². The zero-order valence-corrected chi connectivity index (χ0v) is 9.16. The highest BCUT2D eigenvalue weighted by Gasteiger charge is 2.32. The first-order valence-corrected chi connectivity index (χ1v) is 5.26. The fraction of sp³-hybridized carbons (Fsp3) is 0.583. The Bertz CT molecular complexity index is 328. The lowest BCUT2D eigenvalue weighted by Gasteiger charge is -2.33. The van der Waals surface area contributed by atoms with Crippen molar-refractivity contribution in [3.63, 3.8) is 0 Å². The number of rotatable bonds is 2. The summed E-state index contributed by atoms with van der Waals surface area (Å²) in [4.78, 5) is 11.4. The van der Waals surface area contributed by atoms with Gasteiger partial charge in [-0.15, -0.1) is 0 Å². The standard InChI is InChI=1S/C12H16O3/c1-14-11-5-6-12(15-2)10-7-8(13)3-4-9(10)11/h4,7,11-12H,3,5-6H2,1-2H3. The van der Waals surface area contributed by atoms with Crippen LogP contribution in [0.25, 0.3) is 0 Å². The molecule has 0 bridgehead atoms. The quantitative estimate of drug-likeness (QED) is 0.692. The number of ether oxygens (including phenoxy) is 2. The summed E-state index contributed by atoms with van der Waals surface area (Å²) < 4.78 is 10.8. The molecule has 0 heterocycles. The van der Waals surface area contributed by atoms with Gasteiger partial charge in [0.15, 0.2) is 5.78 Å². The first-order chi connectivity index (χ1) is 7.26. The van der Waals surface area contributed by atoms with Crippen molar-refractivity contribution in [2.24, 2.45) is 0 Å². The van der Waals surface area contributed by atoms with E-state index in [0.29, 0.717) is 6.42 Å². The van der Waals surface area contributed by atoms with Gasteiger partial charge in [-0.05, 0) is 30.1 Å². The Labute approximate surface area is 89.8 Å². The number of fused-ring (bicyclic) bond motifs is 1. The molecule has 2 unspecified atom stereocenters. The van der Waals surface area contributed by atoms with E-state index in [1.54, 1.807) is 20.3 Å². The van der Waals surface area contributed by atoms with Crippen LogP contribution >= 0.6 is 0 Å². The SMILES string of the molecule is COC1CCC(OC)C2=CC(=O)CC=C21. The summed E-state index contributed by atoms with van der Waals surface area (Å²) >= 11 is 0. The van der Waals surface area contributed by atoms with Gasteiger partial charge in [0.2, 0.25) is 0 Å². The normalized spacial score (nSPS) is 30.7. The monoisotopic (exact) mass is 208 g/mol. The lowest BCUT2D eigenvalue weighted by molar-refractivity contribution is -0.114. The van der Waals surface area contributed by atoms with Crippen molar-refractivity contribution in [1.29, 1.82) is 0 Å². The van der Waals surface area contributed by atoms with E-state index < -0.39 is 0 Å². The van der Waals surface area contributed by atoms with Gasteiger partial charge in [0.25, 0.3) is 0 Å². The molecule has 0 amide bonds. The zero-order valence-electron chi connectivity index (χ0n) is 9.16. The van der Waals surface area contributed by atoms with Gasteiger partial charge in [-0.3, -0.25) is 4.79 Å². The summed E-state index contributed by atoms with van der Waals surface area (Å²) in [5.74, 6) is 0.160. The van der Waals surface area contributed by atoms with Gasteiger partial charge in [-0.1, -0.05) is 6.08 Å². The Morgan fingerprint density at radius 1 is 1.13 bits per heavy atom. The van der Waals surface area contributed by atoms with E-state index in [-0.39, 0.29) is 18.0 Å². The van der Waals surface area contributed by atoms with Crippen molar-refractivity contribution in [1.82, 2.24) is 0 Å². The average Bonchev–Trinajstić information content (AvgIpc) is 2.27. The molecule has 1 saturated carbocycles.